The highest BCUT2D eigenvalue weighted by Crippen LogP contribution is 2.39. The molecule has 192 valence electrons. The molecule has 0 aliphatic rings. The van der Waals surface area contributed by atoms with Gasteiger partial charge in [-0.05, 0) is 60.6 Å². The minimum absolute atomic E-state index is 0.201. The summed E-state index contributed by atoms with van der Waals surface area (Å²) in [6, 6.07) is 10.4. The fourth-order valence-corrected chi connectivity index (χ4v) is 5.75. The van der Waals surface area contributed by atoms with Crippen molar-refractivity contribution in [1.29, 1.82) is 0 Å². The van der Waals surface area contributed by atoms with E-state index in [2.05, 4.69) is 106 Å². The Morgan fingerprint density at radius 2 is 1.30 bits per heavy atom. The van der Waals surface area contributed by atoms with Crippen LogP contribution >= 0.6 is 0 Å². The van der Waals surface area contributed by atoms with Gasteiger partial charge >= 0.3 is 0 Å². The molecule has 33 heavy (non-hydrogen) atoms. The topological polar surface area (TPSA) is 27.7 Å². The van der Waals surface area contributed by atoms with Gasteiger partial charge in [0.05, 0.1) is 13.2 Å². The molecule has 0 radical (unpaired) electrons. The number of ether oxygens (including phenoxy) is 1. The van der Waals surface area contributed by atoms with Gasteiger partial charge in [-0.2, -0.15) is 0 Å². The Hall–Kier alpha value is -0.466. The third-order valence-corrected chi connectivity index (χ3v) is 16.9. The van der Waals surface area contributed by atoms with Gasteiger partial charge in [-0.15, -0.1) is 0 Å². The minimum atomic E-state index is -1.86. The molecule has 0 aromatic heterocycles. The van der Waals surface area contributed by atoms with Gasteiger partial charge < -0.3 is 13.6 Å². The van der Waals surface area contributed by atoms with Crippen molar-refractivity contribution >= 4 is 16.6 Å². The van der Waals surface area contributed by atoms with Gasteiger partial charge in [0.25, 0.3) is 0 Å². The Morgan fingerprint density at radius 1 is 0.758 bits per heavy atom. The summed E-state index contributed by atoms with van der Waals surface area (Å²) in [6.45, 7) is 30.2. The number of rotatable bonds is 13. The van der Waals surface area contributed by atoms with Crippen LogP contribution in [0.3, 0.4) is 0 Å². The quantitative estimate of drug-likeness (QED) is 0.257. The van der Waals surface area contributed by atoms with Crippen LogP contribution in [-0.4, -0.2) is 36.0 Å². The molecule has 0 saturated carbocycles. The highest BCUT2D eigenvalue weighted by molar-refractivity contribution is 6.74. The first-order valence-electron chi connectivity index (χ1n) is 12.9. The van der Waals surface area contributed by atoms with Crippen LogP contribution in [0.5, 0.6) is 0 Å². The van der Waals surface area contributed by atoms with Crippen LogP contribution in [0.25, 0.3) is 0 Å². The SMILES string of the molecule is CC(CCC(O[Si](C)(C)C(C)(C)C)[C@H](C)COCc1ccccc1)CO[Si](C)(C)C(C)(C)C. The molecule has 1 rings (SSSR count). The molecule has 5 heteroatoms. The molecule has 3 nitrogen and oxygen atoms in total. The van der Waals surface area contributed by atoms with Crippen molar-refractivity contribution in [2.75, 3.05) is 13.2 Å². The summed E-state index contributed by atoms with van der Waals surface area (Å²) < 4.78 is 19.6. The van der Waals surface area contributed by atoms with E-state index in [9.17, 15) is 0 Å². The van der Waals surface area contributed by atoms with Crippen LogP contribution in [0.2, 0.25) is 36.3 Å². The van der Waals surface area contributed by atoms with Gasteiger partial charge in [0.15, 0.2) is 16.6 Å². The van der Waals surface area contributed by atoms with Crippen LogP contribution < -0.4 is 0 Å². The molecule has 0 spiro atoms. The van der Waals surface area contributed by atoms with E-state index in [0.29, 0.717) is 18.4 Å². The summed E-state index contributed by atoms with van der Waals surface area (Å²) in [5, 5.41) is 0.457. The molecular weight excluding hydrogens is 440 g/mol. The van der Waals surface area contributed by atoms with Crippen LogP contribution in [0, 0.1) is 11.8 Å². The highest BCUT2D eigenvalue weighted by Gasteiger charge is 2.40. The van der Waals surface area contributed by atoms with Crippen molar-refractivity contribution < 1.29 is 13.6 Å². The molecule has 1 aromatic carbocycles. The van der Waals surface area contributed by atoms with E-state index < -0.39 is 16.6 Å². The lowest BCUT2D eigenvalue weighted by molar-refractivity contribution is 0.0273. The van der Waals surface area contributed by atoms with Gasteiger partial charge in [-0.1, -0.05) is 85.7 Å². The molecular formula is C28H54O3Si2. The van der Waals surface area contributed by atoms with Crippen molar-refractivity contribution in [1.82, 2.24) is 0 Å². The molecule has 0 N–H and O–H groups in total. The number of hydrogen-bond acceptors (Lipinski definition) is 3. The first-order valence-corrected chi connectivity index (χ1v) is 18.7. The largest absolute Gasteiger partial charge is 0.417 e. The van der Waals surface area contributed by atoms with E-state index >= 15 is 0 Å². The van der Waals surface area contributed by atoms with Crippen LogP contribution in [0.1, 0.15) is 73.8 Å². The molecule has 0 amide bonds. The van der Waals surface area contributed by atoms with E-state index in [1.807, 2.05) is 6.07 Å². The molecule has 3 atom stereocenters. The lowest BCUT2D eigenvalue weighted by atomic mass is 9.97. The summed E-state index contributed by atoms with van der Waals surface area (Å²) in [4.78, 5) is 0. The van der Waals surface area contributed by atoms with Crippen LogP contribution in [0.4, 0.5) is 0 Å². The first kappa shape index (κ1) is 30.6. The third-order valence-electron chi connectivity index (χ3n) is 7.86. The van der Waals surface area contributed by atoms with Gasteiger partial charge in [0, 0.05) is 18.6 Å². The van der Waals surface area contributed by atoms with Crippen molar-refractivity contribution in [2.45, 2.75) is 117 Å². The highest BCUT2D eigenvalue weighted by atomic mass is 28.4. The predicted molar refractivity (Wildman–Crippen MR) is 149 cm³/mol. The Balaban J connectivity index is 2.73. The Bertz CT molecular complexity index is 675. The predicted octanol–water partition coefficient (Wildman–Crippen LogP) is 8.67. The minimum Gasteiger partial charge on any atom is -0.417 e. The monoisotopic (exact) mass is 494 g/mol. The second kappa shape index (κ2) is 12.5. The fraction of sp³-hybridized carbons (Fsp3) is 0.786. The molecule has 0 bridgehead atoms. The van der Waals surface area contributed by atoms with Crippen LogP contribution in [0.15, 0.2) is 30.3 Å². The van der Waals surface area contributed by atoms with E-state index in [-0.39, 0.29) is 16.2 Å². The smallest absolute Gasteiger partial charge is 0.192 e. The molecule has 0 aliphatic carbocycles. The molecule has 0 fully saturated rings. The summed E-state index contributed by atoms with van der Waals surface area (Å²) in [5.74, 6) is 0.887. The lowest BCUT2D eigenvalue weighted by Crippen LogP contribution is -2.46. The van der Waals surface area contributed by atoms with Crippen molar-refractivity contribution in [3.63, 3.8) is 0 Å². The second-order valence-electron chi connectivity index (χ2n) is 13.1. The lowest BCUT2D eigenvalue weighted by Gasteiger charge is -2.41. The van der Waals surface area contributed by atoms with Crippen molar-refractivity contribution in [2.24, 2.45) is 11.8 Å². The van der Waals surface area contributed by atoms with Crippen molar-refractivity contribution in [3.05, 3.63) is 35.9 Å². The maximum absolute atomic E-state index is 6.94. The van der Waals surface area contributed by atoms with Crippen molar-refractivity contribution in [3.8, 4) is 0 Å². The van der Waals surface area contributed by atoms with E-state index in [1.54, 1.807) is 0 Å². The Morgan fingerprint density at radius 3 is 1.82 bits per heavy atom. The third kappa shape index (κ3) is 10.4. The van der Waals surface area contributed by atoms with Gasteiger partial charge in [0.2, 0.25) is 0 Å². The average Bonchev–Trinajstić information content (AvgIpc) is 2.68. The maximum atomic E-state index is 6.94. The average molecular weight is 495 g/mol. The maximum Gasteiger partial charge on any atom is 0.192 e. The summed E-state index contributed by atoms with van der Waals surface area (Å²) >= 11 is 0. The molecule has 0 saturated heterocycles. The molecule has 0 aliphatic heterocycles. The Labute approximate surface area is 208 Å². The first-order chi connectivity index (χ1) is 15.0. The zero-order chi connectivity index (χ0) is 25.5. The zero-order valence-corrected chi connectivity index (χ0v) is 25.9. The number of hydrogen-bond donors (Lipinski definition) is 0. The summed E-state index contributed by atoms with van der Waals surface area (Å²) in [5.41, 5.74) is 1.22. The van der Waals surface area contributed by atoms with Crippen LogP contribution in [-0.2, 0) is 20.2 Å². The van der Waals surface area contributed by atoms with E-state index in [0.717, 1.165) is 26.1 Å². The summed E-state index contributed by atoms with van der Waals surface area (Å²) in [6.07, 6.45) is 2.40. The summed E-state index contributed by atoms with van der Waals surface area (Å²) in [7, 11) is -3.56. The van der Waals surface area contributed by atoms with E-state index in [1.165, 1.54) is 5.56 Å². The van der Waals surface area contributed by atoms with Gasteiger partial charge in [-0.25, -0.2) is 0 Å². The van der Waals surface area contributed by atoms with Gasteiger partial charge in [-0.3, -0.25) is 0 Å². The Kier molecular flexibility index (Phi) is 11.6. The second-order valence-corrected chi connectivity index (χ2v) is 22.7. The van der Waals surface area contributed by atoms with E-state index in [4.69, 9.17) is 13.6 Å². The molecule has 1 aromatic rings. The zero-order valence-electron chi connectivity index (χ0n) is 23.9. The standard InChI is InChI=1S/C28H54O3Si2/c1-23(20-30-32(9,10)27(3,4)5)18-19-26(31-33(11,12)28(6,7)8)24(2)21-29-22-25-16-14-13-15-17-25/h13-17,23-24,26H,18-22H2,1-12H3/t23?,24-,26?/m1/s1. The normalized spacial score (nSPS) is 16.5. The number of benzene rings is 1. The molecule has 2 unspecified atom stereocenters. The fourth-order valence-electron chi connectivity index (χ4n) is 3.16. The van der Waals surface area contributed by atoms with Gasteiger partial charge in [0.1, 0.15) is 0 Å². The molecule has 0 heterocycles.